The summed E-state index contributed by atoms with van der Waals surface area (Å²) < 4.78 is 5.56. The summed E-state index contributed by atoms with van der Waals surface area (Å²) in [6.07, 6.45) is 1.91. The number of ether oxygens (including phenoxy) is 1. The molecule has 0 bridgehead atoms. The number of alkyl carbamates (subject to hydrolysis) is 1. The molecule has 0 saturated heterocycles. The van der Waals surface area contributed by atoms with Gasteiger partial charge < -0.3 is 20.5 Å². The highest BCUT2D eigenvalue weighted by molar-refractivity contribution is 5.86. The van der Waals surface area contributed by atoms with E-state index in [1.54, 1.807) is 0 Å². The van der Waals surface area contributed by atoms with Crippen molar-refractivity contribution >= 4 is 18.0 Å². The predicted octanol–water partition coefficient (Wildman–Crippen LogP) is 3.28. The molecule has 1 saturated carbocycles. The second-order valence-electron chi connectivity index (χ2n) is 8.07. The second kappa shape index (κ2) is 9.20. The van der Waals surface area contributed by atoms with Crippen LogP contribution in [0.5, 0.6) is 0 Å². The molecule has 2 aromatic carbocycles. The Morgan fingerprint density at radius 2 is 1.61 bits per heavy atom. The van der Waals surface area contributed by atoms with E-state index < -0.39 is 18.1 Å². The van der Waals surface area contributed by atoms with Crippen molar-refractivity contribution in [2.45, 2.75) is 37.6 Å². The summed E-state index contributed by atoms with van der Waals surface area (Å²) in [7, 11) is 0. The van der Waals surface area contributed by atoms with Crippen molar-refractivity contribution < 1.29 is 24.2 Å². The van der Waals surface area contributed by atoms with Crippen LogP contribution in [0.3, 0.4) is 0 Å². The Kier molecular flexibility index (Phi) is 6.21. The summed E-state index contributed by atoms with van der Waals surface area (Å²) in [5.41, 5.74) is 4.55. The number of carbonyl (C=O) groups excluding carboxylic acids is 2. The maximum absolute atomic E-state index is 12.6. The van der Waals surface area contributed by atoms with Gasteiger partial charge >= 0.3 is 12.1 Å². The Morgan fingerprint density at radius 1 is 1.00 bits per heavy atom. The average Bonchev–Trinajstić information content (AvgIpc) is 3.04. The van der Waals surface area contributed by atoms with Crippen LogP contribution in [-0.4, -0.2) is 42.3 Å². The highest BCUT2D eigenvalue weighted by Gasteiger charge is 2.35. The molecule has 1 fully saturated rings. The standard InChI is InChI=1S/C24H26N2O5/c27-21(28)12-13-25-23(29)22(15-6-5-7-15)26-24(30)31-14-20-18-10-3-1-8-16(18)17-9-2-4-11-19(17)20/h1-4,8-11,15,20,22H,5-7,12-14H2,(H,25,29)(H,26,30)(H,27,28). The van der Waals surface area contributed by atoms with Crippen LogP contribution in [0, 0.1) is 5.92 Å². The topological polar surface area (TPSA) is 105 Å². The maximum atomic E-state index is 12.6. The van der Waals surface area contributed by atoms with Gasteiger partial charge in [0, 0.05) is 12.5 Å². The monoisotopic (exact) mass is 422 g/mol. The van der Waals surface area contributed by atoms with Crippen molar-refractivity contribution in [2.75, 3.05) is 13.2 Å². The number of carbonyl (C=O) groups is 3. The van der Waals surface area contributed by atoms with E-state index in [0.717, 1.165) is 41.5 Å². The summed E-state index contributed by atoms with van der Waals surface area (Å²) in [4.78, 5) is 35.7. The van der Waals surface area contributed by atoms with Gasteiger partial charge in [0.25, 0.3) is 0 Å². The van der Waals surface area contributed by atoms with Gasteiger partial charge in [-0.2, -0.15) is 0 Å². The van der Waals surface area contributed by atoms with Crippen molar-refractivity contribution in [2.24, 2.45) is 5.92 Å². The summed E-state index contributed by atoms with van der Waals surface area (Å²) in [6.45, 7) is 0.210. The molecule has 1 unspecified atom stereocenters. The first-order valence-corrected chi connectivity index (χ1v) is 10.7. The van der Waals surface area contributed by atoms with Crippen molar-refractivity contribution in [1.82, 2.24) is 10.6 Å². The number of hydrogen-bond acceptors (Lipinski definition) is 4. The number of benzene rings is 2. The highest BCUT2D eigenvalue weighted by atomic mass is 16.5. The first-order chi connectivity index (χ1) is 15.0. The largest absolute Gasteiger partial charge is 0.481 e. The number of fused-ring (bicyclic) bond motifs is 3. The molecule has 4 rings (SSSR count). The van der Waals surface area contributed by atoms with E-state index in [-0.39, 0.29) is 37.3 Å². The number of hydrogen-bond donors (Lipinski definition) is 3. The Labute approximate surface area is 180 Å². The van der Waals surface area contributed by atoms with Gasteiger partial charge in [-0.05, 0) is 41.0 Å². The summed E-state index contributed by atoms with van der Waals surface area (Å²) in [6, 6.07) is 15.5. The summed E-state index contributed by atoms with van der Waals surface area (Å²) in [5, 5.41) is 14.1. The van der Waals surface area contributed by atoms with Crippen molar-refractivity contribution in [3.63, 3.8) is 0 Å². The van der Waals surface area contributed by atoms with Gasteiger partial charge in [0.15, 0.2) is 0 Å². The fourth-order valence-electron chi connectivity index (χ4n) is 4.34. The van der Waals surface area contributed by atoms with E-state index >= 15 is 0 Å². The van der Waals surface area contributed by atoms with Crippen LogP contribution < -0.4 is 10.6 Å². The lowest BCUT2D eigenvalue weighted by Crippen LogP contribution is -2.53. The molecular weight excluding hydrogens is 396 g/mol. The smallest absolute Gasteiger partial charge is 0.407 e. The third kappa shape index (κ3) is 4.55. The highest BCUT2D eigenvalue weighted by Crippen LogP contribution is 2.44. The molecule has 2 aromatic rings. The van der Waals surface area contributed by atoms with Crippen LogP contribution in [0.4, 0.5) is 4.79 Å². The number of carboxylic acids is 1. The van der Waals surface area contributed by atoms with E-state index in [4.69, 9.17) is 9.84 Å². The predicted molar refractivity (Wildman–Crippen MR) is 115 cm³/mol. The van der Waals surface area contributed by atoms with Gasteiger partial charge in [-0.15, -0.1) is 0 Å². The minimum atomic E-state index is -0.981. The lowest BCUT2D eigenvalue weighted by Gasteiger charge is -2.33. The third-order valence-electron chi connectivity index (χ3n) is 6.16. The van der Waals surface area contributed by atoms with Gasteiger partial charge in [0.1, 0.15) is 12.6 Å². The van der Waals surface area contributed by atoms with Crippen LogP contribution in [-0.2, 0) is 14.3 Å². The van der Waals surface area contributed by atoms with E-state index in [9.17, 15) is 14.4 Å². The Balaban J connectivity index is 1.39. The molecule has 7 heteroatoms. The number of nitrogens with one attached hydrogen (secondary N) is 2. The molecule has 0 aliphatic heterocycles. The van der Waals surface area contributed by atoms with Crippen molar-refractivity contribution in [1.29, 1.82) is 0 Å². The van der Waals surface area contributed by atoms with Crippen LogP contribution in [0.25, 0.3) is 11.1 Å². The van der Waals surface area contributed by atoms with Gasteiger partial charge in [0.2, 0.25) is 5.91 Å². The Bertz CT molecular complexity index is 940. The van der Waals surface area contributed by atoms with E-state index in [0.29, 0.717) is 0 Å². The van der Waals surface area contributed by atoms with Crippen LogP contribution >= 0.6 is 0 Å². The third-order valence-corrected chi connectivity index (χ3v) is 6.16. The summed E-state index contributed by atoms with van der Waals surface area (Å²) in [5.74, 6) is -1.35. The molecule has 0 spiro atoms. The first kappa shape index (κ1) is 20.9. The van der Waals surface area contributed by atoms with E-state index in [1.165, 1.54) is 0 Å². The minimum Gasteiger partial charge on any atom is -0.481 e. The Hall–Kier alpha value is -3.35. The number of rotatable bonds is 8. The van der Waals surface area contributed by atoms with Gasteiger partial charge in [-0.25, -0.2) is 4.79 Å². The number of amides is 2. The van der Waals surface area contributed by atoms with Crippen LogP contribution in [0.1, 0.15) is 42.7 Å². The average molecular weight is 422 g/mol. The molecule has 31 heavy (non-hydrogen) atoms. The molecular formula is C24H26N2O5. The zero-order valence-corrected chi connectivity index (χ0v) is 17.2. The van der Waals surface area contributed by atoms with Gasteiger partial charge in [-0.3, -0.25) is 9.59 Å². The van der Waals surface area contributed by atoms with E-state index in [1.807, 2.05) is 36.4 Å². The van der Waals surface area contributed by atoms with Gasteiger partial charge in [0.05, 0.1) is 6.42 Å². The number of carboxylic acid groups (broad SMARTS) is 1. The molecule has 2 aliphatic carbocycles. The van der Waals surface area contributed by atoms with Crippen molar-refractivity contribution in [3.05, 3.63) is 59.7 Å². The SMILES string of the molecule is O=C(O)CCNC(=O)C(NC(=O)OCC1c2ccccc2-c2ccccc21)C1CCC1. The Morgan fingerprint density at radius 3 is 2.16 bits per heavy atom. The maximum Gasteiger partial charge on any atom is 0.407 e. The summed E-state index contributed by atoms with van der Waals surface area (Å²) >= 11 is 0. The molecule has 1 atom stereocenters. The minimum absolute atomic E-state index is 0.0315. The molecule has 2 aliphatic rings. The quantitative estimate of drug-likeness (QED) is 0.606. The van der Waals surface area contributed by atoms with Crippen LogP contribution in [0.2, 0.25) is 0 Å². The number of aliphatic carboxylic acids is 1. The fourth-order valence-corrected chi connectivity index (χ4v) is 4.34. The molecule has 7 nitrogen and oxygen atoms in total. The molecule has 0 heterocycles. The lowest BCUT2D eigenvalue weighted by atomic mass is 9.79. The van der Waals surface area contributed by atoms with Crippen molar-refractivity contribution in [3.8, 4) is 11.1 Å². The molecule has 162 valence electrons. The first-order valence-electron chi connectivity index (χ1n) is 10.7. The van der Waals surface area contributed by atoms with Gasteiger partial charge in [-0.1, -0.05) is 55.0 Å². The molecule has 2 amide bonds. The lowest BCUT2D eigenvalue weighted by molar-refractivity contribution is -0.137. The van der Waals surface area contributed by atoms with E-state index in [2.05, 4.69) is 22.8 Å². The molecule has 0 aromatic heterocycles. The van der Waals surface area contributed by atoms with Crippen LogP contribution in [0.15, 0.2) is 48.5 Å². The second-order valence-corrected chi connectivity index (χ2v) is 8.07. The fraction of sp³-hybridized carbons (Fsp3) is 0.375. The zero-order valence-electron chi connectivity index (χ0n) is 17.2. The molecule has 0 radical (unpaired) electrons. The zero-order chi connectivity index (χ0) is 21.8. The molecule has 3 N–H and O–H groups in total. The normalized spacial score (nSPS) is 15.9.